The Morgan fingerprint density at radius 1 is 1.05 bits per heavy atom. The van der Waals surface area contributed by atoms with Gasteiger partial charge in [-0.2, -0.15) is 0 Å². The van der Waals surface area contributed by atoms with Crippen LogP contribution >= 0.6 is 34.8 Å². The van der Waals surface area contributed by atoms with Crippen molar-refractivity contribution >= 4 is 46.4 Å². The fourth-order valence-electron chi connectivity index (χ4n) is 1.57. The number of hydrogen-bond acceptors (Lipinski definition) is 3. The molecule has 0 saturated carbocycles. The van der Waals surface area contributed by atoms with Gasteiger partial charge in [0, 0.05) is 16.8 Å². The Morgan fingerprint density at radius 2 is 1.75 bits per heavy atom. The predicted octanol–water partition coefficient (Wildman–Crippen LogP) is 4.12. The minimum atomic E-state index is -0.715. The Morgan fingerprint density at radius 3 is 2.40 bits per heavy atom. The van der Waals surface area contributed by atoms with Gasteiger partial charge < -0.3 is 16.2 Å². The van der Waals surface area contributed by atoms with Crippen molar-refractivity contribution in [2.75, 3.05) is 5.73 Å². The number of ether oxygens (including phenoxy) is 1. The van der Waals surface area contributed by atoms with Gasteiger partial charge in [0.2, 0.25) is 0 Å². The van der Waals surface area contributed by atoms with Gasteiger partial charge in [-0.15, -0.1) is 0 Å². The van der Waals surface area contributed by atoms with Crippen LogP contribution in [0.2, 0.25) is 15.1 Å². The third-order valence-electron chi connectivity index (χ3n) is 2.44. The summed E-state index contributed by atoms with van der Waals surface area (Å²) in [7, 11) is 0. The molecule has 1 amide bonds. The quantitative estimate of drug-likeness (QED) is 0.830. The number of anilines is 1. The SMILES string of the molecule is NC(=O)c1cc(N)cc(Cl)c1Oc1cc(Cl)ccc1Cl. The first-order valence-electron chi connectivity index (χ1n) is 5.40. The first-order chi connectivity index (χ1) is 9.38. The highest BCUT2D eigenvalue weighted by Crippen LogP contribution is 2.38. The number of hydrogen-bond donors (Lipinski definition) is 2. The van der Waals surface area contributed by atoms with Crippen LogP contribution in [0.1, 0.15) is 10.4 Å². The number of amides is 1. The monoisotopic (exact) mass is 330 g/mol. The highest BCUT2D eigenvalue weighted by Gasteiger charge is 2.17. The summed E-state index contributed by atoms with van der Waals surface area (Å²) in [6.07, 6.45) is 0. The van der Waals surface area contributed by atoms with Crippen molar-refractivity contribution in [3.8, 4) is 11.5 Å². The van der Waals surface area contributed by atoms with Gasteiger partial charge in [-0.05, 0) is 24.3 Å². The standard InChI is InChI=1S/C13H9Cl3N2O2/c14-6-1-2-9(15)11(3-6)20-12-8(13(18)19)4-7(17)5-10(12)16/h1-5H,17H2,(H2,18,19). The smallest absolute Gasteiger partial charge is 0.252 e. The first kappa shape index (κ1) is 14.8. The first-order valence-corrected chi connectivity index (χ1v) is 6.53. The van der Waals surface area contributed by atoms with Crippen LogP contribution in [0.25, 0.3) is 0 Å². The molecule has 4 N–H and O–H groups in total. The van der Waals surface area contributed by atoms with E-state index in [-0.39, 0.29) is 22.1 Å². The topological polar surface area (TPSA) is 78.3 Å². The zero-order valence-electron chi connectivity index (χ0n) is 9.99. The third-order valence-corrected chi connectivity index (χ3v) is 3.26. The van der Waals surface area contributed by atoms with Crippen molar-refractivity contribution in [1.82, 2.24) is 0 Å². The molecular weight excluding hydrogens is 323 g/mol. The molecule has 20 heavy (non-hydrogen) atoms. The van der Waals surface area contributed by atoms with Gasteiger partial charge in [0.25, 0.3) is 5.91 Å². The zero-order chi connectivity index (χ0) is 14.9. The summed E-state index contributed by atoms with van der Waals surface area (Å²) >= 11 is 17.9. The molecule has 2 aromatic rings. The normalized spacial score (nSPS) is 10.3. The summed E-state index contributed by atoms with van der Waals surface area (Å²) in [5.74, 6) is -0.377. The summed E-state index contributed by atoms with van der Waals surface area (Å²) in [5, 5.41) is 0.893. The van der Waals surface area contributed by atoms with Crippen molar-refractivity contribution in [1.29, 1.82) is 0 Å². The minimum absolute atomic E-state index is 0.0612. The van der Waals surface area contributed by atoms with Crippen LogP contribution in [-0.2, 0) is 0 Å². The average Bonchev–Trinajstić information content (AvgIpc) is 2.36. The molecule has 0 saturated heterocycles. The molecule has 104 valence electrons. The molecule has 2 rings (SSSR count). The van der Waals surface area contributed by atoms with E-state index in [1.54, 1.807) is 12.1 Å². The van der Waals surface area contributed by atoms with Gasteiger partial charge in [-0.25, -0.2) is 0 Å². The summed E-state index contributed by atoms with van der Waals surface area (Å²) in [6.45, 7) is 0. The van der Waals surface area contributed by atoms with Crippen molar-refractivity contribution in [2.24, 2.45) is 5.73 Å². The molecule has 0 bridgehead atoms. The molecule has 0 spiro atoms. The molecule has 0 fully saturated rings. The lowest BCUT2D eigenvalue weighted by molar-refractivity contribution is 0.0998. The second kappa shape index (κ2) is 5.79. The summed E-state index contributed by atoms with van der Waals surface area (Å²) in [5.41, 5.74) is 11.3. The number of carbonyl (C=O) groups excluding carboxylic acids is 1. The summed E-state index contributed by atoms with van der Waals surface area (Å²) < 4.78 is 5.56. The van der Waals surface area contributed by atoms with E-state index in [1.807, 2.05) is 0 Å². The Labute approximate surface area is 130 Å². The van der Waals surface area contributed by atoms with Gasteiger partial charge in [0.05, 0.1) is 15.6 Å². The van der Waals surface area contributed by atoms with Gasteiger partial charge in [-0.3, -0.25) is 4.79 Å². The largest absolute Gasteiger partial charge is 0.453 e. The van der Waals surface area contributed by atoms with Crippen LogP contribution in [0.15, 0.2) is 30.3 Å². The molecule has 0 aliphatic rings. The maximum absolute atomic E-state index is 11.4. The van der Waals surface area contributed by atoms with Gasteiger partial charge in [0.1, 0.15) is 5.75 Å². The van der Waals surface area contributed by atoms with E-state index in [9.17, 15) is 4.79 Å². The van der Waals surface area contributed by atoms with Gasteiger partial charge in [-0.1, -0.05) is 34.8 Å². The zero-order valence-corrected chi connectivity index (χ0v) is 12.3. The Bertz CT molecular complexity index is 690. The lowest BCUT2D eigenvalue weighted by Gasteiger charge is -2.13. The number of benzene rings is 2. The molecule has 0 atom stereocenters. The maximum atomic E-state index is 11.4. The van der Waals surface area contributed by atoms with Gasteiger partial charge in [0.15, 0.2) is 5.75 Å². The molecule has 7 heteroatoms. The fraction of sp³-hybridized carbons (Fsp3) is 0. The number of primary amides is 1. The molecule has 2 aromatic carbocycles. The predicted molar refractivity (Wildman–Crippen MR) is 80.9 cm³/mol. The van der Waals surface area contributed by atoms with Crippen LogP contribution in [0.3, 0.4) is 0 Å². The van der Waals surface area contributed by atoms with Crippen molar-refractivity contribution in [2.45, 2.75) is 0 Å². The second-order valence-electron chi connectivity index (χ2n) is 3.92. The van der Waals surface area contributed by atoms with Crippen LogP contribution < -0.4 is 16.2 Å². The van der Waals surface area contributed by atoms with E-state index in [2.05, 4.69) is 0 Å². The van der Waals surface area contributed by atoms with E-state index in [1.165, 1.54) is 18.2 Å². The van der Waals surface area contributed by atoms with Crippen LogP contribution in [0.5, 0.6) is 11.5 Å². The Kier molecular flexibility index (Phi) is 4.28. The van der Waals surface area contributed by atoms with E-state index >= 15 is 0 Å². The van der Waals surface area contributed by atoms with Crippen molar-refractivity contribution in [3.63, 3.8) is 0 Å². The highest BCUT2D eigenvalue weighted by molar-refractivity contribution is 6.34. The van der Waals surface area contributed by atoms with E-state index in [4.69, 9.17) is 51.0 Å². The van der Waals surface area contributed by atoms with E-state index < -0.39 is 5.91 Å². The summed E-state index contributed by atoms with van der Waals surface area (Å²) in [4.78, 5) is 11.4. The Hall–Kier alpha value is -1.62. The van der Waals surface area contributed by atoms with Crippen LogP contribution in [0, 0.1) is 0 Å². The lowest BCUT2D eigenvalue weighted by atomic mass is 10.1. The van der Waals surface area contributed by atoms with Crippen LogP contribution in [0.4, 0.5) is 5.69 Å². The van der Waals surface area contributed by atoms with Gasteiger partial charge >= 0.3 is 0 Å². The molecule has 0 aliphatic carbocycles. The van der Waals surface area contributed by atoms with E-state index in [0.717, 1.165) is 0 Å². The van der Waals surface area contributed by atoms with Crippen molar-refractivity contribution < 1.29 is 9.53 Å². The summed E-state index contributed by atoms with van der Waals surface area (Å²) in [6, 6.07) is 7.50. The third kappa shape index (κ3) is 3.10. The van der Waals surface area contributed by atoms with E-state index in [0.29, 0.717) is 15.7 Å². The molecule has 0 aliphatic heterocycles. The molecule has 0 heterocycles. The average molecular weight is 332 g/mol. The molecule has 0 unspecified atom stereocenters. The number of nitrogens with two attached hydrogens (primary N) is 2. The minimum Gasteiger partial charge on any atom is -0.453 e. The number of nitrogen functional groups attached to an aromatic ring is 1. The molecule has 0 aromatic heterocycles. The maximum Gasteiger partial charge on any atom is 0.252 e. The molecule has 0 radical (unpaired) electrons. The van der Waals surface area contributed by atoms with Crippen LogP contribution in [-0.4, -0.2) is 5.91 Å². The number of halogens is 3. The second-order valence-corrected chi connectivity index (χ2v) is 5.17. The van der Waals surface area contributed by atoms with Crippen molar-refractivity contribution in [3.05, 3.63) is 51.0 Å². The molecule has 4 nitrogen and oxygen atoms in total. The fourth-order valence-corrected chi connectivity index (χ4v) is 2.15. The lowest BCUT2D eigenvalue weighted by Crippen LogP contribution is -2.13. The highest BCUT2D eigenvalue weighted by atomic mass is 35.5. The number of rotatable bonds is 3. The Balaban J connectivity index is 2.53. The molecular formula is C13H9Cl3N2O2. The number of carbonyl (C=O) groups is 1.